The molecule has 0 saturated carbocycles. The molecular formula is C25H29NO7. The number of ether oxygens (including phenoxy) is 4. The number of aliphatic hydroxyl groups excluding tert-OH is 1. The molecule has 0 aromatic heterocycles. The molecule has 1 saturated heterocycles. The summed E-state index contributed by atoms with van der Waals surface area (Å²) in [4.78, 5) is 27.4. The van der Waals surface area contributed by atoms with Crippen molar-refractivity contribution >= 4 is 17.4 Å². The number of amides is 1. The Morgan fingerprint density at radius 3 is 2.30 bits per heavy atom. The van der Waals surface area contributed by atoms with Crippen LogP contribution in [-0.2, 0) is 14.3 Å². The Labute approximate surface area is 193 Å². The lowest BCUT2D eigenvalue weighted by Gasteiger charge is -2.25. The van der Waals surface area contributed by atoms with Crippen LogP contribution >= 0.6 is 0 Å². The van der Waals surface area contributed by atoms with Crippen molar-refractivity contribution in [1.29, 1.82) is 0 Å². The molecular weight excluding hydrogens is 426 g/mol. The van der Waals surface area contributed by atoms with Crippen molar-refractivity contribution in [1.82, 2.24) is 4.90 Å². The highest BCUT2D eigenvalue weighted by Crippen LogP contribution is 2.42. The summed E-state index contributed by atoms with van der Waals surface area (Å²) in [6.07, 6.45) is 0. The van der Waals surface area contributed by atoms with Crippen molar-refractivity contribution in [2.45, 2.75) is 19.9 Å². The Morgan fingerprint density at radius 2 is 1.70 bits per heavy atom. The van der Waals surface area contributed by atoms with Gasteiger partial charge in [-0.05, 0) is 55.3 Å². The van der Waals surface area contributed by atoms with E-state index in [0.717, 1.165) is 5.56 Å². The fourth-order valence-electron chi connectivity index (χ4n) is 3.96. The Balaban J connectivity index is 2.18. The Morgan fingerprint density at radius 1 is 1.00 bits per heavy atom. The molecule has 3 rings (SSSR count). The smallest absolute Gasteiger partial charge is 0.295 e. The zero-order chi connectivity index (χ0) is 24.1. The van der Waals surface area contributed by atoms with E-state index in [2.05, 4.69) is 0 Å². The maximum atomic E-state index is 13.1. The summed E-state index contributed by atoms with van der Waals surface area (Å²) in [5, 5.41) is 11.2. The molecule has 1 unspecified atom stereocenters. The van der Waals surface area contributed by atoms with E-state index in [4.69, 9.17) is 18.9 Å². The molecule has 8 heteroatoms. The van der Waals surface area contributed by atoms with Crippen LogP contribution in [0.5, 0.6) is 17.2 Å². The largest absolute Gasteiger partial charge is 0.507 e. The van der Waals surface area contributed by atoms with Gasteiger partial charge in [-0.1, -0.05) is 6.07 Å². The summed E-state index contributed by atoms with van der Waals surface area (Å²) >= 11 is 0. The van der Waals surface area contributed by atoms with Gasteiger partial charge in [0.2, 0.25) is 0 Å². The van der Waals surface area contributed by atoms with Gasteiger partial charge in [0.15, 0.2) is 11.5 Å². The minimum absolute atomic E-state index is 0.00637. The molecule has 1 aliphatic rings. The van der Waals surface area contributed by atoms with Crippen LogP contribution in [0.2, 0.25) is 0 Å². The van der Waals surface area contributed by atoms with E-state index >= 15 is 0 Å². The molecule has 0 radical (unpaired) electrons. The SMILES string of the molecule is CCOc1ccc(C2C(=C(O)c3ccc(OC)c(C)c3)C(=O)C(=O)N2CCOC)cc1OC. The van der Waals surface area contributed by atoms with Gasteiger partial charge in [0.05, 0.1) is 39.0 Å². The monoisotopic (exact) mass is 455 g/mol. The lowest BCUT2D eigenvalue weighted by Crippen LogP contribution is -2.32. The zero-order valence-electron chi connectivity index (χ0n) is 19.5. The van der Waals surface area contributed by atoms with Crippen molar-refractivity contribution < 1.29 is 33.6 Å². The summed E-state index contributed by atoms with van der Waals surface area (Å²) in [6, 6.07) is 9.47. The molecule has 1 aliphatic heterocycles. The number of likely N-dealkylation sites (tertiary alicyclic amines) is 1. The summed E-state index contributed by atoms with van der Waals surface area (Å²) in [7, 11) is 4.60. The van der Waals surface area contributed by atoms with Crippen LogP contribution in [0.3, 0.4) is 0 Å². The molecule has 0 aliphatic carbocycles. The maximum Gasteiger partial charge on any atom is 0.295 e. The molecule has 2 aromatic carbocycles. The van der Waals surface area contributed by atoms with Crippen LogP contribution in [0.15, 0.2) is 42.0 Å². The van der Waals surface area contributed by atoms with E-state index in [9.17, 15) is 14.7 Å². The highest BCUT2D eigenvalue weighted by Gasteiger charge is 2.46. The number of benzene rings is 2. The Bertz CT molecular complexity index is 1080. The third kappa shape index (κ3) is 4.66. The molecule has 0 bridgehead atoms. The lowest BCUT2D eigenvalue weighted by molar-refractivity contribution is -0.140. The van der Waals surface area contributed by atoms with Crippen LogP contribution in [0, 0.1) is 6.92 Å². The van der Waals surface area contributed by atoms with Crippen molar-refractivity contribution in [3.63, 3.8) is 0 Å². The van der Waals surface area contributed by atoms with E-state index in [-0.39, 0.29) is 24.5 Å². The molecule has 8 nitrogen and oxygen atoms in total. The number of rotatable bonds is 9. The van der Waals surface area contributed by atoms with Crippen LogP contribution in [-0.4, -0.2) is 62.8 Å². The molecule has 1 N–H and O–H groups in total. The molecule has 0 spiro atoms. The van der Waals surface area contributed by atoms with Crippen molar-refractivity contribution in [3.05, 3.63) is 58.7 Å². The van der Waals surface area contributed by atoms with Gasteiger partial charge in [-0.25, -0.2) is 0 Å². The number of methoxy groups -OCH3 is 3. The summed E-state index contributed by atoms with van der Waals surface area (Å²) in [5.74, 6) is -0.0429. The predicted molar refractivity (Wildman–Crippen MR) is 123 cm³/mol. The first-order chi connectivity index (χ1) is 15.9. The second kappa shape index (κ2) is 10.4. The topological polar surface area (TPSA) is 94.5 Å². The quantitative estimate of drug-likeness (QED) is 0.351. The number of hydrogen-bond donors (Lipinski definition) is 1. The van der Waals surface area contributed by atoms with Crippen LogP contribution in [0.4, 0.5) is 0 Å². The van der Waals surface area contributed by atoms with E-state index in [1.54, 1.807) is 43.5 Å². The fourth-order valence-corrected chi connectivity index (χ4v) is 3.96. The fraction of sp³-hybridized carbons (Fsp3) is 0.360. The van der Waals surface area contributed by atoms with Gasteiger partial charge in [0.1, 0.15) is 11.5 Å². The van der Waals surface area contributed by atoms with Crippen molar-refractivity contribution in [3.8, 4) is 17.2 Å². The van der Waals surface area contributed by atoms with Gasteiger partial charge in [0.25, 0.3) is 11.7 Å². The minimum atomic E-state index is -0.813. The number of carbonyl (C=O) groups excluding carboxylic acids is 2. The number of Topliss-reactive ketones (excluding diaryl/α,β-unsaturated/α-hetero) is 1. The predicted octanol–water partition coefficient (Wildman–Crippen LogP) is 3.48. The summed E-state index contributed by atoms with van der Waals surface area (Å²) in [5.41, 5.74) is 1.82. The van der Waals surface area contributed by atoms with Crippen LogP contribution < -0.4 is 14.2 Å². The Hall–Kier alpha value is -3.52. The van der Waals surface area contributed by atoms with Crippen molar-refractivity contribution in [2.24, 2.45) is 0 Å². The average molecular weight is 456 g/mol. The first-order valence-corrected chi connectivity index (χ1v) is 10.6. The highest BCUT2D eigenvalue weighted by atomic mass is 16.5. The molecule has 1 atom stereocenters. The van der Waals surface area contributed by atoms with E-state index in [0.29, 0.717) is 35.0 Å². The lowest BCUT2D eigenvalue weighted by atomic mass is 9.94. The van der Waals surface area contributed by atoms with Gasteiger partial charge in [-0.2, -0.15) is 0 Å². The number of aryl methyl sites for hydroxylation is 1. The van der Waals surface area contributed by atoms with Crippen molar-refractivity contribution in [2.75, 3.05) is 41.1 Å². The number of carbonyl (C=O) groups is 2. The molecule has 1 amide bonds. The Kier molecular flexibility index (Phi) is 7.60. The third-order valence-electron chi connectivity index (χ3n) is 5.55. The number of nitrogens with zero attached hydrogens (tertiary/aromatic N) is 1. The molecule has 33 heavy (non-hydrogen) atoms. The number of hydrogen-bond acceptors (Lipinski definition) is 7. The van der Waals surface area contributed by atoms with Crippen LogP contribution in [0.25, 0.3) is 5.76 Å². The molecule has 1 fully saturated rings. The van der Waals surface area contributed by atoms with Crippen LogP contribution in [0.1, 0.15) is 29.7 Å². The normalized spacial score (nSPS) is 17.4. The van der Waals surface area contributed by atoms with E-state index in [1.807, 2.05) is 13.8 Å². The third-order valence-corrected chi connectivity index (χ3v) is 5.55. The van der Waals surface area contributed by atoms with Gasteiger partial charge in [-0.15, -0.1) is 0 Å². The van der Waals surface area contributed by atoms with Gasteiger partial charge in [0, 0.05) is 19.2 Å². The first kappa shape index (κ1) is 24.1. The van der Waals surface area contributed by atoms with Gasteiger partial charge >= 0.3 is 0 Å². The maximum absolute atomic E-state index is 13.1. The van der Waals surface area contributed by atoms with E-state index < -0.39 is 17.7 Å². The number of ketones is 1. The molecule has 1 heterocycles. The second-order valence-electron chi connectivity index (χ2n) is 7.51. The zero-order valence-corrected chi connectivity index (χ0v) is 19.5. The average Bonchev–Trinajstić information content (AvgIpc) is 3.07. The minimum Gasteiger partial charge on any atom is -0.507 e. The standard InChI is InChI=1S/C25H29NO7/c1-6-33-19-10-7-16(14-20(19)32-5)22-21(24(28)25(29)26(22)11-12-30-3)23(27)17-8-9-18(31-4)15(2)13-17/h7-10,13-14,22,27H,6,11-12H2,1-5H3. The van der Waals surface area contributed by atoms with E-state index in [1.165, 1.54) is 19.1 Å². The molecule has 176 valence electrons. The van der Waals surface area contributed by atoms with Gasteiger partial charge in [-0.3, -0.25) is 9.59 Å². The summed E-state index contributed by atoms with van der Waals surface area (Å²) in [6.45, 7) is 4.57. The highest BCUT2D eigenvalue weighted by molar-refractivity contribution is 6.46. The first-order valence-electron chi connectivity index (χ1n) is 10.6. The number of aliphatic hydroxyl groups is 1. The summed E-state index contributed by atoms with van der Waals surface area (Å²) < 4.78 is 21.5. The second-order valence-corrected chi connectivity index (χ2v) is 7.51. The molecule has 2 aromatic rings. The van der Waals surface area contributed by atoms with Gasteiger partial charge < -0.3 is 29.0 Å².